The number of carbonyl (C=O) groups excluding carboxylic acids is 1. The normalized spacial score (nSPS) is 10.2. The van der Waals surface area contributed by atoms with E-state index >= 15 is 0 Å². The van der Waals surface area contributed by atoms with Crippen LogP contribution < -0.4 is 5.32 Å². The Labute approximate surface area is 138 Å². The smallest absolute Gasteiger partial charge is 0.225 e. The lowest BCUT2D eigenvalue weighted by Crippen LogP contribution is -2.11. The quantitative estimate of drug-likeness (QED) is 0.754. The van der Waals surface area contributed by atoms with Crippen molar-refractivity contribution in [2.24, 2.45) is 0 Å². The molecule has 2 heterocycles. The van der Waals surface area contributed by atoms with Crippen LogP contribution in [-0.2, 0) is 11.2 Å². The van der Waals surface area contributed by atoms with Crippen molar-refractivity contribution in [1.82, 2.24) is 0 Å². The summed E-state index contributed by atoms with van der Waals surface area (Å²) in [5.74, 6) is 1.44. The number of benzene rings is 1. The fraction of sp³-hybridized carbons (Fsp3) is 0.111. The molecule has 0 aliphatic carbocycles. The van der Waals surface area contributed by atoms with Crippen molar-refractivity contribution in [1.29, 1.82) is 5.26 Å². The molecule has 3 aromatic rings. The standard InChI is InChI=1S/C18H14N2O2S/c19-12-14-10-11-23-18(14)20-17(21)9-7-15-6-8-16(22-15)13-4-2-1-3-5-13/h1-6,8,10-11H,7,9H2,(H,20,21). The van der Waals surface area contributed by atoms with E-state index in [1.807, 2.05) is 42.5 Å². The molecule has 1 amide bonds. The van der Waals surface area contributed by atoms with E-state index in [1.165, 1.54) is 11.3 Å². The number of hydrogen-bond acceptors (Lipinski definition) is 4. The Morgan fingerprint density at radius 2 is 2.00 bits per heavy atom. The number of nitrogens with one attached hydrogen (secondary N) is 1. The summed E-state index contributed by atoms with van der Waals surface area (Å²) in [5, 5.41) is 14.1. The molecule has 1 N–H and O–H groups in total. The zero-order valence-electron chi connectivity index (χ0n) is 12.3. The van der Waals surface area contributed by atoms with Crippen LogP contribution in [-0.4, -0.2) is 5.91 Å². The third kappa shape index (κ3) is 3.68. The van der Waals surface area contributed by atoms with Gasteiger partial charge in [0.1, 0.15) is 22.6 Å². The van der Waals surface area contributed by atoms with Crippen LogP contribution in [0.5, 0.6) is 0 Å². The number of aryl methyl sites for hydroxylation is 1. The van der Waals surface area contributed by atoms with E-state index in [9.17, 15) is 4.79 Å². The van der Waals surface area contributed by atoms with Crippen LogP contribution in [0.2, 0.25) is 0 Å². The van der Waals surface area contributed by atoms with Gasteiger partial charge in [-0.15, -0.1) is 11.3 Å². The summed E-state index contributed by atoms with van der Waals surface area (Å²) in [7, 11) is 0. The highest BCUT2D eigenvalue weighted by Crippen LogP contribution is 2.24. The van der Waals surface area contributed by atoms with Gasteiger partial charge in [-0.1, -0.05) is 30.3 Å². The predicted molar refractivity (Wildman–Crippen MR) is 90.1 cm³/mol. The Morgan fingerprint density at radius 3 is 2.78 bits per heavy atom. The second kappa shape index (κ2) is 6.95. The molecule has 0 aliphatic rings. The Balaban J connectivity index is 1.58. The van der Waals surface area contributed by atoms with E-state index < -0.39 is 0 Å². The van der Waals surface area contributed by atoms with Crippen LogP contribution in [0.1, 0.15) is 17.7 Å². The fourth-order valence-electron chi connectivity index (χ4n) is 2.19. The Kier molecular flexibility index (Phi) is 4.55. The zero-order chi connectivity index (χ0) is 16.1. The van der Waals surface area contributed by atoms with Crippen molar-refractivity contribution < 1.29 is 9.21 Å². The minimum atomic E-state index is -0.124. The molecular weight excluding hydrogens is 308 g/mol. The average Bonchev–Trinajstić information content (AvgIpc) is 3.23. The molecule has 4 nitrogen and oxygen atoms in total. The molecular formula is C18H14N2O2S. The molecule has 0 radical (unpaired) electrons. The van der Waals surface area contributed by atoms with Gasteiger partial charge in [-0.05, 0) is 23.6 Å². The van der Waals surface area contributed by atoms with E-state index in [1.54, 1.807) is 11.4 Å². The van der Waals surface area contributed by atoms with E-state index in [2.05, 4.69) is 11.4 Å². The van der Waals surface area contributed by atoms with Crippen molar-refractivity contribution in [3.63, 3.8) is 0 Å². The second-order valence-electron chi connectivity index (χ2n) is 4.96. The Bertz CT molecular complexity index is 843. The summed E-state index contributed by atoms with van der Waals surface area (Å²) in [4.78, 5) is 12.0. The molecule has 1 aromatic carbocycles. The fourth-order valence-corrected chi connectivity index (χ4v) is 2.94. The summed E-state index contributed by atoms with van der Waals surface area (Å²) in [6.45, 7) is 0. The van der Waals surface area contributed by atoms with E-state index in [0.29, 0.717) is 23.4 Å². The molecule has 3 rings (SSSR count). The maximum Gasteiger partial charge on any atom is 0.225 e. The van der Waals surface area contributed by atoms with Crippen molar-refractivity contribution in [3.05, 3.63) is 65.2 Å². The van der Waals surface area contributed by atoms with Gasteiger partial charge in [-0.3, -0.25) is 4.79 Å². The average molecular weight is 322 g/mol. The summed E-state index contributed by atoms with van der Waals surface area (Å²) >= 11 is 1.35. The Hall–Kier alpha value is -2.84. The molecule has 2 aromatic heterocycles. The van der Waals surface area contributed by atoms with Crippen LogP contribution in [0.3, 0.4) is 0 Å². The predicted octanol–water partition coefficient (Wildman–Crippen LogP) is 4.45. The zero-order valence-corrected chi connectivity index (χ0v) is 13.1. The first-order valence-corrected chi connectivity index (χ1v) is 8.06. The van der Waals surface area contributed by atoms with Gasteiger partial charge in [-0.25, -0.2) is 0 Å². The number of amides is 1. The SMILES string of the molecule is N#Cc1ccsc1NC(=O)CCc1ccc(-c2ccccc2)o1. The first-order chi connectivity index (χ1) is 11.3. The molecule has 0 fully saturated rings. The molecule has 0 atom stereocenters. The van der Waals surface area contributed by atoms with Crippen molar-refractivity contribution in [2.45, 2.75) is 12.8 Å². The lowest BCUT2D eigenvalue weighted by atomic mass is 10.2. The number of nitrogens with zero attached hydrogens (tertiary/aromatic N) is 1. The number of hydrogen-bond donors (Lipinski definition) is 1. The largest absolute Gasteiger partial charge is 0.461 e. The summed E-state index contributed by atoms with van der Waals surface area (Å²) in [5.41, 5.74) is 1.51. The van der Waals surface area contributed by atoms with Gasteiger partial charge >= 0.3 is 0 Å². The topological polar surface area (TPSA) is 66.0 Å². The van der Waals surface area contributed by atoms with Gasteiger partial charge in [0.05, 0.1) is 5.56 Å². The number of carbonyl (C=O) groups is 1. The van der Waals surface area contributed by atoms with Crippen LogP contribution in [0, 0.1) is 11.3 Å². The van der Waals surface area contributed by atoms with Crippen LogP contribution >= 0.6 is 11.3 Å². The summed E-state index contributed by atoms with van der Waals surface area (Å²) < 4.78 is 5.77. The van der Waals surface area contributed by atoms with Gasteiger partial charge < -0.3 is 9.73 Å². The molecule has 5 heteroatoms. The Morgan fingerprint density at radius 1 is 1.17 bits per heavy atom. The maximum atomic E-state index is 12.0. The van der Waals surface area contributed by atoms with Gasteiger partial charge in [0.25, 0.3) is 0 Å². The van der Waals surface area contributed by atoms with Gasteiger partial charge in [0, 0.05) is 18.4 Å². The highest BCUT2D eigenvalue weighted by atomic mass is 32.1. The molecule has 0 saturated heterocycles. The van der Waals surface area contributed by atoms with Crippen LogP contribution in [0.25, 0.3) is 11.3 Å². The summed E-state index contributed by atoms with van der Waals surface area (Å²) in [6, 6.07) is 17.4. The maximum absolute atomic E-state index is 12.0. The number of anilines is 1. The third-order valence-corrected chi connectivity index (χ3v) is 4.19. The minimum absolute atomic E-state index is 0.124. The third-order valence-electron chi connectivity index (χ3n) is 3.36. The number of thiophene rings is 1. The van der Waals surface area contributed by atoms with Gasteiger partial charge in [0.15, 0.2) is 0 Å². The lowest BCUT2D eigenvalue weighted by molar-refractivity contribution is -0.116. The monoisotopic (exact) mass is 322 g/mol. The lowest BCUT2D eigenvalue weighted by Gasteiger charge is -2.02. The highest BCUT2D eigenvalue weighted by molar-refractivity contribution is 7.14. The van der Waals surface area contributed by atoms with E-state index in [-0.39, 0.29) is 5.91 Å². The minimum Gasteiger partial charge on any atom is -0.461 e. The highest BCUT2D eigenvalue weighted by Gasteiger charge is 2.10. The molecule has 0 aliphatic heterocycles. The molecule has 0 spiro atoms. The van der Waals surface area contributed by atoms with Crippen LogP contribution in [0.15, 0.2) is 58.3 Å². The van der Waals surface area contributed by atoms with E-state index in [4.69, 9.17) is 9.68 Å². The van der Waals surface area contributed by atoms with Crippen molar-refractivity contribution >= 4 is 22.2 Å². The number of nitriles is 1. The molecule has 23 heavy (non-hydrogen) atoms. The molecule has 0 bridgehead atoms. The first-order valence-electron chi connectivity index (χ1n) is 7.18. The van der Waals surface area contributed by atoms with E-state index in [0.717, 1.165) is 17.1 Å². The summed E-state index contributed by atoms with van der Waals surface area (Å²) in [6.07, 6.45) is 0.830. The van der Waals surface area contributed by atoms with Crippen molar-refractivity contribution in [2.75, 3.05) is 5.32 Å². The van der Waals surface area contributed by atoms with Crippen LogP contribution in [0.4, 0.5) is 5.00 Å². The van der Waals surface area contributed by atoms with Gasteiger partial charge in [0.2, 0.25) is 5.91 Å². The van der Waals surface area contributed by atoms with Crippen molar-refractivity contribution in [3.8, 4) is 17.4 Å². The molecule has 114 valence electrons. The number of rotatable bonds is 5. The number of furan rings is 1. The van der Waals surface area contributed by atoms with Gasteiger partial charge in [-0.2, -0.15) is 5.26 Å². The molecule has 0 saturated carbocycles. The second-order valence-corrected chi connectivity index (χ2v) is 5.87. The first kappa shape index (κ1) is 15.1. The molecule has 0 unspecified atom stereocenters.